The summed E-state index contributed by atoms with van der Waals surface area (Å²) in [5.74, 6) is -5.14. The lowest BCUT2D eigenvalue weighted by atomic mass is 9.67. The first-order valence-corrected chi connectivity index (χ1v) is 18.8. The van der Waals surface area contributed by atoms with Gasteiger partial charge in [0.25, 0.3) is 0 Å². The topological polar surface area (TPSA) is 185 Å². The highest BCUT2D eigenvalue weighted by Gasteiger charge is 2.53. The zero-order valence-electron chi connectivity index (χ0n) is 33.2. The summed E-state index contributed by atoms with van der Waals surface area (Å²) in [4.78, 5) is 29.9. The smallest absolute Gasteiger partial charge is 0.311 e. The number of hydrogen-bond acceptors (Lipinski definition) is 13. The molecule has 3 fully saturated rings. The number of methoxy groups -OCH3 is 1. The molecule has 3 rings (SSSR count). The van der Waals surface area contributed by atoms with Crippen LogP contribution in [0, 0.1) is 29.6 Å². The summed E-state index contributed by atoms with van der Waals surface area (Å²) in [6, 6.07) is -0.199. The van der Waals surface area contributed by atoms with Crippen LogP contribution in [-0.4, -0.2) is 141 Å². The minimum Gasteiger partial charge on any atom is -0.459 e. The van der Waals surface area contributed by atoms with Gasteiger partial charge in [-0.15, -0.1) is 0 Å². The van der Waals surface area contributed by atoms with Crippen LogP contribution < -0.4 is 0 Å². The third kappa shape index (κ3) is 9.52. The van der Waals surface area contributed by atoms with E-state index in [1.165, 1.54) is 21.0 Å². The molecule has 3 heterocycles. The monoisotopic (exact) mass is 731 g/mol. The largest absolute Gasteiger partial charge is 0.459 e. The molecule has 0 aromatic rings. The van der Waals surface area contributed by atoms with Gasteiger partial charge in [0.15, 0.2) is 6.29 Å². The van der Waals surface area contributed by atoms with Crippen molar-refractivity contribution in [2.45, 2.75) is 179 Å². The van der Waals surface area contributed by atoms with Crippen LogP contribution in [0.4, 0.5) is 0 Å². The number of likely N-dealkylation sites (N-methyl/N-ethyl adjacent to an activating group) is 1. The highest BCUT2D eigenvalue weighted by atomic mass is 16.7. The predicted molar refractivity (Wildman–Crippen MR) is 189 cm³/mol. The number of hydrogen-bond donors (Lipinski definition) is 5. The molecule has 3 aliphatic rings. The molecule has 3 saturated heterocycles. The van der Waals surface area contributed by atoms with Crippen LogP contribution in [0.25, 0.3) is 0 Å². The number of nitrogens with zero attached hydrogens (tertiary/aromatic N) is 1. The van der Waals surface area contributed by atoms with Crippen LogP contribution in [0.3, 0.4) is 0 Å². The van der Waals surface area contributed by atoms with Gasteiger partial charge in [0.1, 0.15) is 23.6 Å². The van der Waals surface area contributed by atoms with Crippen LogP contribution in [0.15, 0.2) is 0 Å². The fourth-order valence-electron chi connectivity index (χ4n) is 9.02. The Morgan fingerprint density at radius 2 is 1.51 bits per heavy atom. The van der Waals surface area contributed by atoms with Crippen molar-refractivity contribution in [3.05, 3.63) is 0 Å². The van der Waals surface area contributed by atoms with Crippen molar-refractivity contribution in [3.8, 4) is 0 Å². The number of aliphatic hydroxyl groups excluding tert-OH is 3. The second-order valence-corrected chi connectivity index (χ2v) is 16.9. The highest BCUT2D eigenvalue weighted by molar-refractivity contribution is 5.83. The zero-order chi connectivity index (χ0) is 39.0. The molecular formula is C38H69NO12. The van der Waals surface area contributed by atoms with E-state index in [1.807, 2.05) is 32.8 Å². The third-order valence-electron chi connectivity index (χ3n) is 12.5. The molecular weight excluding hydrogens is 662 g/mol. The van der Waals surface area contributed by atoms with Crippen molar-refractivity contribution in [2.24, 2.45) is 29.6 Å². The lowest BCUT2D eigenvalue weighted by Crippen LogP contribution is -2.59. The Hall–Kier alpha value is -1.26. The van der Waals surface area contributed by atoms with Gasteiger partial charge in [0.05, 0.1) is 53.7 Å². The Bertz CT molecular complexity index is 1170. The molecule has 5 unspecified atom stereocenters. The molecule has 18 atom stereocenters. The van der Waals surface area contributed by atoms with E-state index >= 15 is 0 Å². The van der Waals surface area contributed by atoms with Crippen molar-refractivity contribution in [1.82, 2.24) is 4.90 Å². The molecule has 0 bridgehead atoms. The minimum atomic E-state index is -1.97. The van der Waals surface area contributed by atoms with Gasteiger partial charge in [-0.2, -0.15) is 0 Å². The van der Waals surface area contributed by atoms with Gasteiger partial charge in [0.2, 0.25) is 0 Å². The van der Waals surface area contributed by atoms with E-state index in [2.05, 4.69) is 0 Å². The third-order valence-corrected chi connectivity index (χ3v) is 12.5. The number of ketones is 1. The van der Waals surface area contributed by atoms with Gasteiger partial charge in [-0.3, -0.25) is 9.59 Å². The summed E-state index contributed by atoms with van der Waals surface area (Å²) in [6.07, 6.45) is -6.92. The number of Topliss-reactive ketones (excluding diaryl/α,β-unsaturated/α-hetero) is 1. The summed E-state index contributed by atoms with van der Waals surface area (Å²) in [5, 5.41) is 57.9. The van der Waals surface area contributed by atoms with Crippen LogP contribution in [0.5, 0.6) is 0 Å². The van der Waals surface area contributed by atoms with E-state index in [0.717, 1.165) is 0 Å². The fraction of sp³-hybridized carbons (Fsp3) is 0.947. The Balaban J connectivity index is 2.18. The molecule has 13 nitrogen and oxygen atoms in total. The van der Waals surface area contributed by atoms with E-state index in [9.17, 15) is 35.1 Å². The summed E-state index contributed by atoms with van der Waals surface area (Å²) in [6.45, 7) is 16.9. The van der Waals surface area contributed by atoms with Gasteiger partial charge >= 0.3 is 5.97 Å². The van der Waals surface area contributed by atoms with E-state index < -0.39 is 101 Å². The Kier molecular flexibility index (Phi) is 14.7. The second kappa shape index (κ2) is 17.0. The Morgan fingerprint density at radius 3 is 2.06 bits per heavy atom. The summed E-state index contributed by atoms with van der Waals surface area (Å²) >= 11 is 0. The molecule has 0 amide bonds. The van der Waals surface area contributed by atoms with Crippen LogP contribution >= 0.6 is 0 Å². The molecule has 51 heavy (non-hydrogen) atoms. The average molecular weight is 732 g/mol. The number of carbonyl (C=O) groups is 2. The molecule has 0 aromatic carbocycles. The molecule has 0 saturated carbocycles. The van der Waals surface area contributed by atoms with Gasteiger partial charge in [-0.05, 0) is 93.2 Å². The minimum absolute atomic E-state index is 0.0107. The maximum Gasteiger partial charge on any atom is 0.311 e. The van der Waals surface area contributed by atoms with Crippen LogP contribution in [0.2, 0.25) is 0 Å². The molecule has 298 valence electrons. The maximum absolute atomic E-state index is 14.1. The van der Waals surface area contributed by atoms with E-state index in [0.29, 0.717) is 6.42 Å². The number of carbonyl (C=O) groups excluding carboxylic acids is 2. The number of rotatable bonds is 7. The van der Waals surface area contributed by atoms with Gasteiger partial charge < -0.3 is 54.1 Å². The van der Waals surface area contributed by atoms with E-state index in [-0.39, 0.29) is 43.6 Å². The predicted octanol–water partition coefficient (Wildman–Crippen LogP) is 2.45. The Labute approximate surface area is 305 Å². The van der Waals surface area contributed by atoms with Gasteiger partial charge in [-0.25, -0.2) is 0 Å². The standard InChI is InChI=1S/C38H69NO12/c1-14-28-38(10,46)33(42)22(5)30(40)19(2)17-36(8,45)25(16-27-31(41)26(39(11)12)15-20(3)48-27)21(4)32(23(6)35(44)50-28)51-29-18-37(9,47-13)34(43)24(7)49-29/h19-29,31-34,41-43,45-46H,14-18H2,1-13H3/t19-,20?,21-,22+,23-,24?,25-,26?,27+,28-,29+,31?,32+,33-,34+,36-,37?,38-/m1/s1. The number of ether oxygens (including phenoxy) is 5. The summed E-state index contributed by atoms with van der Waals surface area (Å²) < 4.78 is 30.9. The molecule has 3 aliphatic heterocycles. The number of esters is 1. The molecule has 5 N–H and O–H groups in total. The lowest BCUT2D eigenvalue weighted by Gasteiger charge is -2.49. The molecule has 13 heteroatoms. The normalized spacial score (nSPS) is 49.7. The van der Waals surface area contributed by atoms with Crippen molar-refractivity contribution in [1.29, 1.82) is 0 Å². The van der Waals surface area contributed by atoms with E-state index in [1.54, 1.807) is 41.5 Å². The lowest BCUT2D eigenvalue weighted by molar-refractivity contribution is -0.299. The van der Waals surface area contributed by atoms with Crippen LogP contribution in [-0.2, 0) is 33.3 Å². The van der Waals surface area contributed by atoms with E-state index in [4.69, 9.17) is 23.7 Å². The quantitative estimate of drug-likeness (QED) is 0.241. The maximum atomic E-state index is 14.1. The molecule has 0 spiro atoms. The van der Waals surface area contributed by atoms with Crippen molar-refractivity contribution in [3.63, 3.8) is 0 Å². The molecule has 0 aliphatic carbocycles. The Morgan fingerprint density at radius 1 is 0.902 bits per heavy atom. The first kappa shape index (κ1) is 44.1. The van der Waals surface area contributed by atoms with Gasteiger partial charge in [0, 0.05) is 31.4 Å². The number of cyclic esters (lactones) is 1. The van der Waals surface area contributed by atoms with Gasteiger partial charge in [-0.1, -0.05) is 27.7 Å². The first-order chi connectivity index (χ1) is 23.4. The van der Waals surface area contributed by atoms with Crippen molar-refractivity contribution < 1.29 is 58.8 Å². The zero-order valence-corrected chi connectivity index (χ0v) is 33.2. The molecule has 0 radical (unpaired) electrons. The van der Waals surface area contributed by atoms with Crippen molar-refractivity contribution in [2.75, 3.05) is 21.2 Å². The number of aliphatic hydroxyl groups is 5. The fourth-order valence-corrected chi connectivity index (χ4v) is 9.02. The second-order valence-electron chi connectivity index (χ2n) is 16.9. The first-order valence-electron chi connectivity index (χ1n) is 18.8. The average Bonchev–Trinajstić information content (AvgIpc) is 3.05. The summed E-state index contributed by atoms with van der Waals surface area (Å²) in [7, 11) is 5.31. The van der Waals surface area contributed by atoms with Crippen molar-refractivity contribution >= 4 is 11.8 Å². The highest BCUT2D eigenvalue weighted by Crippen LogP contribution is 2.44. The molecule has 0 aromatic heterocycles. The van der Waals surface area contributed by atoms with Crippen LogP contribution in [0.1, 0.15) is 101 Å². The summed E-state index contributed by atoms with van der Waals surface area (Å²) in [5.41, 5.74) is -4.56. The SMILES string of the molecule is CC[C@H]1OC(=O)[C@H](C)[C@@H](O[C@H]2CC(C)(OC)[C@@H](O)C(C)O2)[C@H](C)[C@@H](C[C@@H]2OC(C)CC(N(C)C)C2O)[C@](C)(O)C[C@@H](C)C(=O)[C@H](C)[C@@H](O)[C@]1(C)O.